The van der Waals surface area contributed by atoms with Gasteiger partial charge in [-0.05, 0) is 42.2 Å². The maximum Gasteiger partial charge on any atom is 0.200 e. The van der Waals surface area contributed by atoms with Crippen LogP contribution in [0.1, 0.15) is 31.9 Å². The molecular formula is C23H21NO2. The normalized spacial score (nSPS) is 12.0. The van der Waals surface area contributed by atoms with Gasteiger partial charge in [-0.25, -0.2) is 0 Å². The van der Waals surface area contributed by atoms with Gasteiger partial charge in [-0.2, -0.15) is 0 Å². The molecule has 0 saturated heterocycles. The summed E-state index contributed by atoms with van der Waals surface area (Å²) in [6, 6.07) is 15.4. The fraction of sp³-hybridized carbons (Fsp3) is 0.217. The van der Waals surface area contributed by atoms with Gasteiger partial charge in [-0.15, -0.1) is 0 Å². The number of fused-ring (bicyclic) bond motifs is 2. The lowest BCUT2D eigenvalue weighted by atomic mass is 9.85. The summed E-state index contributed by atoms with van der Waals surface area (Å²) in [6.07, 6.45) is 1.76. The lowest BCUT2D eigenvalue weighted by molar-refractivity contribution is 0.570. The van der Waals surface area contributed by atoms with E-state index in [-0.39, 0.29) is 10.8 Å². The van der Waals surface area contributed by atoms with Crippen LogP contribution in [0, 0.1) is 6.92 Å². The van der Waals surface area contributed by atoms with Gasteiger partial charge in [0.25, 0.3) is 0 Å². The second kappa shape index (κ2) is 5.80. The van der Waals surface area contributed by atoms with Gasteiger partial charge in [0.2, 0.25) is 5.43 Å². The summed E-state index contributed by atoms with van der Waals surface area (Å²) in [7, 11) is 0. The lowest BCUT2D eigenvalue weighted by Crippen LogP contribution is -2.13. The number of pyridine rings is 1. The fourth-order valence-corrected chi connectivity index (χ4v) is 3.44. The topological polar surface area (TPSA) is 43.1 Å². The smallest absolute Gasteiger partial charge is 0.200 e. The van der Waals surface area contributed by atoms with Crippen molar-refractivity contribution in [1.29, 1.82) is 0 Å². The second-order valence-electron chi connectivity index (χ2n) is 7.71. The Morgan fingerprint density at radius 3 is 2.27 bits per heavy atom. The average molecular weight is 343 g/mol. The zero-order chi connectivity index (χ0) is 18.5. The van der Waals surface area contributed by atoms with E-state index in [1.807, 2.05) is 55.5 Å². The lowest BCUT2D eigenvalue weighted by Gasteiger charge is -2.20. The number of aromatic nitrogens is 1. The van der Waals surface area contributed by atoms with Gasteiger partial charge in [0.05, 0.1) is 16.5 Å². The first kappa shape index (κ1) is 16.5. The Hall–Kier alpha value is -2.94. The molecule has 4 rings (SSSR count). The standard InChI is InChI=1S/C23H21NO2/c1-14-8-7-13-24-19(14)15-9-5-10-16-20(25)17-11-6-12-18(23(2,3)4)22(17)26-21(15)16/h5-13H,1-4H3. The van der Waals surface area contributed by atoms with Crippen LogP contribution in [0.15, 0.2) is 63.9 Å². The van der Waals surface area contributed by atoms with E-state index >= 15 is 0 Å². The van der Waals surface area contributed by atoms with Gasteiger partial charge in [0.1, 0.15) is 11.2 Å². The molecule has 2 aromatic carbocycles. The Bertz CT molecular complexity index is 1200. The number of rotatable bonds is 1. The van der Waals surface area contributed by atoms with Crippen molar-refractivity contribution in [2.24, 2.45) is 0 Å². The summed E-state index contributed by atoms with van der Waals surface area (Å²) < 4.78 is 6.39. The van der Waals surface area contributed by atoms with E-state index in [1.54, 1.807) is 6.20 Å². The molecule has 130 valence electrons. The van der Waals surface area contributed by atoms with E-state index in [2.05, 4.69) is 25.8 Å². The molecule has 0 spiro atoms. The van der Waals surface area contributed by atoms with Crippen molar-refractivity contribution in [2.45, 2.75) is 33.1 Å². The Morgan fingerprint density at radius 2 is 1.58 bits per heavy atom. The highest BCUT2D eigenvalue weighted by molar-refractivity contribution is 5.98. The van der Waals surface area contributed by atoms with Gasteiger partial charge < -0.3 is 4.42 Å². The van der Waals surface area contributed by atoms with Crippen LogP contribution >= 0.6 is 0 Å². The zero-order valence-electron chi connectivity index (χ0n) is 15.5. The first-order chi connectivity index (χ1) is 12.4. The monoisotopic (exact) mass is 343 g/mol. The van der Waals surface area contributed by atoms with Gasteiger partial charge >= 0.3 is 0 Å². The third kappa shape index (κ3) is 2.51. The molecule has 0 amide bonds. The summed E-state index contributed by atoms with van der Waals surface area (Å²) in [5.41, 5.74) is 4.91. The number of hydrogen-bond acceptors (Lipinski definition) is 3. The van der Waals surface area contributed by atoms with Crippen LogP contribution in [-0.4, -0.2) is 4.98 Å². The predicted molar refractivity (Wildman–Crippen MR) is 107 cm³/mol. The number of para-hydroxylation sites is 2. The molecule has 2 heterocycles. The van der Waals surface area contributed by atoms with E-state index < -0.39 is 0 Å². The Labute approximate surface area is 152 Å². The van der Waals surface area contributed by atoms with Crippen molar-refractivity contribution in [1.82, 2.24) is 4.98 Å². The zero-order valence-corrected chi connectivity index (χ0v) is 15.5. The van der Waals surface area contributed by atoms with E-state index in [9.17, 15) is 4.79 Å². The minimum atomic E-state index is -0.126. The summed E-state index contributed by atoms with van der Waals surface area (Å²) in [4.78, 5) is 17.7. The molecule has 0 radical (unpaired) electrons. The third-order valence-electron chi connectivity index (χ3n) is 4.80. The molecule has 26 heavy (non-hydrogen) atoms. The number of nitrogens with zero attached hydrogens (tertiary/aromatic N) is 1. The molecular weight excluding hydrogens is 322 g/mol. The summed E-state index contributed by atoms with van der Waals surface area (Å²) >= 11 is 0. The molecule has 0 fully saturated rings. The van der Waals surface area contributed by atoms with Crippen LogP contribution in [0.5, 0.6) is 0 Å². The summed E-state index contributed by atoms with van der Waals surface area (Å²) in [6.45, 7) is 8.39. The largest absolute Gasteiger partial charge is 0.455 e. The predicted octanol–water partition coefficient (Wildman–Crippen LogP) is 5.61. The fourth-order valence-electron chi connectivity index (χ4n) is 3.44. The maximum atomic E-state index is 13.2. The first-order valence-electron chi connectivity index (χ1n) is 8.79. The van der Waals surface area contributed by atoms with Crippen LogP contribution < -0.4 is 5.43 Å². The molecule has 0 atom stereocenters. The Kier molecular flexibility index (Phi) is 3.69. The van der Waals surface area contributed by atoms with Crippen molar-refractivity contribution in [3.05, 3.63) is 76.1 Å². The molecule has 0 bridgehead atoms. The highest BCUT2D eigenvalue weighted by Gasteiger charge is 2.21. The maximum absolute atomic E-state index is 13.2. The molecule has 3 heteroatoms. The number of benzene rings is 2. The quantitative estimate of drug-likeness (QED) is 0.422. The van der Waals surface area contributed by atoms with Crippen LogP contribution in [0.2, 0.25) is 0 Å². The van der Waals surface area contributed by atoms with E-state index in [1.165, 1.54) is 0 Å². The van der Waals surface area contributed by atoms with Crippen LogP contribution in [0.25, 0.3) is 33.2 Å². The van der Waals surface area contributed by atoms with Crippen molar-refractivity contribution >= 4 is 21.9 Å². The highest BCUT2D eigenvalue weighted by atomic mass is 16.3. The van der Waals surface area contributed by atoms with Gasteiger partial charge in [0, 0.05) is 17.3 Å². The molecule has 3 nitrogen and oxygen atoms in total. The third-order valence-corrected chi connectivity index (χ3v) is 4.80. The molecule has 0 saturated carbocycles. The Balaban J connectivity index is 2.19. The summed E-state index contributed by atoms with van der Waals surface area (Å²) in [5, 5.41) is 1.21. The SMILES string of the molecule is Cc1cccnc1-c1cccc2c(=O)c3cccc(C(C)(C)C)c3oc12. The van der Waals surface area contributed by atoms with E-state index in [0.717, 1.165) is 22.4 Å². The molecule has 0 N–H and O–H groups in total. The minimum absolute atomic E-state index is 0.00258. The highest BCUT2D eigenvalue weighted by Crippen LogP contribution is 2.34. The van der Waals surface area contributed by atoms with E-state index in [4.69, 9.17) is 4.42 Å². The molecule has 0 aliphatic rings. The van der Waals surface area contributed by atoms with Crippen LogP contribution in [0.4, 0.5) is 0 Å². The van der Waals surface area contributed by atoms with Crippen molar-refractivity contribution in [3.63, 3.8) is 0 Å². The molecule has 4 aromatic rings. The van der Waals surface area contributed by atoms with Crippen LogP contribution in [-0.2, 0) is 5.41 Å². The number of aryl methyl sites for hydroxylation is 1. The molecule has 0 aliphatic carbocycles. The van der Waals surface area contributed by atoms with Gasteiger partial charge in [-0.1, -0.05) is 45.0 Å². The van der Waals surface area contributed by atoms with Gasteiger partial charge in [-0.3, -0.25) is 9.78 Å². The minimum Gasteiger partial charge on any atom is -0.455 e. The molecule has 2 aromatic heterocycles. The average Bonchev–Trinajstić information content (AvgIpc) is 2.61. The van der Waals surface area contributed by atoms with Crippen molar-refractivity contribution in [2.75, 3.05) is 0 Å². The van der Waals surface area contributed by atoms with E-state index in [0.29, 0.717) is 21.9 Å². The first-order valence-corrected chi connectivity index (χ1v) is 8.79. The molecule has 0 unspecified atom stereocenters. The number of hydrogen-bond donors (Lipinski definition) is 0. The Morgan fingerprint density at radius 1 is 0.885 bits per heavy atom. The second-order valence-corrected chi connectivity index (χ2v) is 7.71. The summed E-state index contributed by atoms with van der Waals surface area (Å²) in [5.74, 6) is 0. The van der Waals surface area contributed by atoms with Crippen molar-refractivity contribution in [3.8, 4) is 11.3 Å². The van der Waals surface area contributed by atoms with Crippen LogP contribution in [0.3, 0.4) is 0 Å². The van der Waals surface area contributed by atoms with Gasteiger partial charge in [0.15, 0.2) is 0 Å². The molecule has 0 aliphatic heterocycles. The van der Waals surface area contributed by atoms with Crippen molar-refractivity contribution < 1.29 is 4.42 Å².